The molecule has 0 aromatic carbocycles. The first-order chi connectivity index (χ1) is 8.54. The maximum atomic E-state index is 5.96. The SMILES string of the molecule is Cc1cc(CC(C)C)nc(C2CCC(N)CC2)n1. The quantitative estimate of drug-likeness (QED) is 0.893. The number of rotatable bonds is 3. The smallest absolute Gasteiger partial charge is 0.131 e. The van der Waals surface area contributed by atoms with E-state index in [1.54, 1.807) is 0 Å². The molecule has 3 heteroatoms. The highest BCUT2D eigenvalue weighted by molar-refractivity contribution is 5.13. The van der Waals surface area contributed by atoms with Crippen LogP contribution in [0.3, 0.4) is 0 Å². The van der Waals surface area contributed by atoms with Gasteiger partial charge in [0.15, 0.2) is 0 Å². The van der Waals surface area contributed by atoms with Gasteiger partial charge in [-0.3, -0.25) is 0 Å². The minimum absolute atomic E-state index is 0.390. The Morgan fingerprint density at radius 2 is 1.89 bits per heavy atom. The fourth-order valence-electron chi connectivity index (χ4n) is 2.74. The standard InChI is InChI=1S/C15H25N3/c1-10(2)8-14-9-11(3)17-15(18-14)12-4-6-13(16)7-5-12/h9-10,12-13H,4-8,16H2,1-3H3. The van der Waals surface area contributed by atoms with Crippen LogP contribution < -0.4 is 5.73 Å². The minimum atomic E-state index is 0.390. The van der Waals surface area contributed by atoms with Gasteiger partial charge in [-0.05, 0) is 51.0 Å². The topological polar surface area (TPSA) is 51.8 Å². The van der Waals surface area contributed by atoms with E-state index in [4.69, 9.17) is 10.7 Å². The molecule has 1 saturated carbocycles. The predicted molar refractivity (Wildman–Crippen MR) is 74.5 cm³/mol. The summed E-state index contributed by atoms with van der Waals surface area (Å²) in [5.74, 6) is 2.22. The van der Waals surface area contributed by atoms with E-state index >= 15 is 0 Å². The van der Waals surface area contributed by atoms with Crippen LogP contribution in [0.1, 0.15) is 62.7 Å². The van der Waals surface area contributed by atoms with E-state index in [9.17, 15) is 0 Å². The van der Waals surface area contributed by atoms with Gasteiger partial charge in [-0.15, -0.1) is 0 Å². The lowest BCUT2D eigenvalue weighted by molar-refractivity contribution is 0.383. The summed E-state index contributed by atoms with van der Waals surface area (Å²) in [6.45, 7) is 6.54. The molecule has 1 fully saturated rings. The van der Waals surface area contributed by atoms with Crippen molar-refractivity contribution < 1.29 is 0 Å². The maximum Gasteiger partial charge on any atom is 0.131 e. The Kier molecular flexibility index (Phi) is 4.33. The molecule has 0 unspecified atom stereocenters. The van der Waals surface area contributed by atoms with Crippen LogP contribution in [0.15, 0.2) is 6.07 Å². The van der Waals surface area contributed by atoms with Crippen LogP contribution in [0.25, 0.3) is 0 Å². The number of hydrogen-bond donors (Lipinski definition) is 1. The first kappa shape index (κ1) is 13.5. The van der Waals surface area contributed by atoms with Crippen molar-refractivity contribution in [2.24, 2.45) is 11.7 Å². The van der Waals surface area contributed by atoms with E-state index in [-0.39, 0.29) is 0 Å². The van der Waals surface area contributed by atoms with E-state index in [1.807, 2.05) is 0 Å². The summed E-state index contributed by atoms with van der Waals surface area (Å²) in [4.78, 5) is 9.41. The summed E-state index contributed by atoms with van der Waals surface area (Å²) < 4.78 is 0. The number of nitrogens with two attached hydrogens (primary N) is 1. The van der Waals surface area contributed by atoms with E-state index in [2.05, 4.69) is 31.8 Å². The minimum Gasteiger partial charge on any atom is -0.328 e. The highest BCUT2D eigenvalue weighted by Crippen LogP contribution is 2.30. The normalized spacial score (nSPS) is 24.5. The molecule has 1 heterocycles. The molecule has 0 amide bonds. The second-order valence-corrected chi connectivity index (χ2v) is 6.07. The molecule has 1 aliphatic carbocycles. The molecule has 3 nitrogen and oxygen atoms in total. The molecule has 2 rings (SSSR count). The van der Waals surface area contributed by atoms with Gasteiger partial charge in [-0.1, -0.05) is 13.8 Å². The van der Waals surface area contributed by atoms with Gasteiger partial charge in [0.05, 0.1) is 0 Å². The van der Waals surface area contributed by atoms with Crippen LogP contribution in [-0.2, 0) is 6.42 Å². The molecule has 1 aromatic heterocycles. The fourth-order valence-corrected chi connectivity index (χ4v) is 2.74. The van der Waals surface area contributed by atoms with E-state index in [0.717, 1.165) is 43.6 Å². The van der Waals surface area contributed by atoms with Crippen LogP contribution in [0, 0.1) is 12.8 Å². The molecule has 0 saturated heterocycles. The Labute approximate surface area is 110 Å². The van der Waals surface area contributed by atoms with Crippen LogP contribution in [0.4, 0.5) is 0 Å². The molecule has 0 radical (unpaired) electrons. The van der Waals surface area contributed by atoms with Crippen molar-refractivity contribution in [3.05, 3.63) is 23.3 Å². The number of aromatic nitrogens is 2. The van der Waals surface area contributed by atoms with Gasteiger partial charge in [0.25, 0.3) is 0 Å². The summed E-state index contributed by atoms with van der Waals surface area (Å²) in [5.41, 5.74) is 8.26. The zero-order chi connectivity index (χ0) is 13.1. The van der Waals surface area contributed by atoms with Gasteiger partial charge in [-0.25, -0.2) is 9.97 Å². The molecule has 1 aliphatic rings. The van der Waals surface area contributed by atoms with Crippen molar-refractivity contribution >= 4 is 0 Å². The van der Waals surface area contributed by atoms with Gasteiger partial charge in [0.1, 0.15) is 5.82 Å². The fraction of sp³-hybridized carbons (Fsp3) is 0.733. The second-order valence-electron chi connectivity index (χ2n) is 6.07. The Hall–Kier alpha value is -0.960. The summed E-state index contributed by atoms with van der Waals surface area (Å²) in [6.07, 6.45) is 5.56. The highest BCUT2D eigenvalue weighted by atomic mass is 14.9. The summed E-state index contributed by atoms with van der Waals surface area (Å²) in [6, 6.07) is 2.51. The van der Waals surface area contributed by atoms with Crippen LogP contribution in [0.5, 0.6) is 0 Å². The van der Waals surface area contributed by atoms with Crippen molar-refractivity contribution in [3.8, 4) is 0 Å². The van der Waals surface area contributed by atoms with Gasteiger partial charge in [0, 0.05) is 23.3 Å². The third-order valence-electron chi connectivity index (χ3n) is 3.68. The number of hydrogen-bond acceptors (Lipinski definition) is 3. The van der Waals surface area contributed by atoms with E-state index in [0.29, 0.717) is 17.9 Å². The average molecular weight is 247 g/mol. The van der Waals surface area contributed by atoms with Gasteiger partial charge >= 0.3 is 0 Å². The average Bonchev–Trinajstić information content (AvgIpc) is 2.28. The van der Waals surface area contributed by atoms with E-state index in [1.165, 1.54) is 5.69 Å². The van der Waals surface area contributed by atoms with E-state index < -0.39 is 0 Å². The molecule has 2 N–H and O–H groups in total. The Balaban J connectivity index is 2.14. The lowest BCUT2D eigenvalue weighted by Gasteiger charge is -2.25. The molecule has 0 atom stereocenters. The van der Waals surface area contributed by atoms with Crippen LogP contribution >= 0.6 is 0 Å². The van der Waals surface area contributed by atoms with Crippen molar-refractivity contribution in [1.29, 1.82) is 0 Å². The van der Waals surface area contributed by atoms with Gasteiger partial charge < -0.3 is 5.73 Å². The van der Waals surface area contributed by atoms with Crippen LogP contribution in [-0.4, -0.2) is 16.0 Å². The molecule has 0 spiro atoms. The maximum absolute atomic E-state index is 5.96. The zero-order valence-electron chi connectivity index (χ0n) is 11.8. The first-order valence-corrected chi connectivity index (χ1v) is 7.14. The molecule has 0 aliphatic heterocycles. The molecule has 100 valence electrons. The lowest BCUT2D eigenvalue weighted by Crippen LogP contribution is -2.26. The molecule has 18 heavy (non-hydrogen) atoms. The lowest BCUT2D eigenvalue weighted by atomic mass is 9.86. The number of nitrogens with zero attached hydrogens (tertiary/aromatic N) is 2. The molecule has 1 aromatic rings. The van der Waals surface area contributed by atoms with Gasteiger partial charge in [0.2, 0.25) is 0 Å². The Bertz CT molecular complexity index is 393. The summed E-state index contributed by atoms with van der Waals surface area (Å²) >= 11 is 0. The second kappa shape index (κ2) is 5.79. The monoisotopic (exact) mass is 247 g/mol. The predicted octanol–water partition coefficient (Wildman–Crippen LogP) is 2.97. The van der Waals surface area contributed by atoms with Crippen molar-refractivity contribution in [2.45, 2.75) is 64.8 Å². The number of aryl methyl sites for hydroxylation is 1. The largest absolute Gasteiger partial charge is 0.328 e. The van der Waals surface area contributed by atoms with Gasteiger partial charge in [-0.2, -0.15) is 0 Å². The highest BCUT2D eigenvalue weighted by Gasteiger charge is 2.22. The Morgan fingerprint density at radius 3 is 2.50 bits per heavy atom. The summed E-state index contributed by atoms with van der Waals surface area (Å²) in [5, 5.41) is 0. The first-order valence-electron chi connectivity index (χ1n) is 7.14. The third-order valence-corrected chi connectivity index (χ3v) is 3.68. The zero-order valence-corrected chi connectivity index (χ0v) is 11.8. The molecule has 0 bridgehead atoms. The summed E-state index contributed by atoms with van der Waals surface area (Å²) in [7, 11) is 0. The molecular formula is C15H25N3. The van der Waals surface area contributed by atoms with Crippen molar-refractivity contribution in [1.82, 2.24) is 9.97 Å². The van der Waals surface area contributed by atoms with Crippen LogP contribution in [0.2, 0.25) is 0 Å². The molecular weight excluding hydrogens is 222 g/mol. The Morgan fingerprint density at radius 1 is 1.22 bits per heavy atom. The third kappa shape index (κ3) is 3.52. The van der Waals surface area contributed by atoms with Crippen molar-refractivity contribution in [3.63, 3.8) is 0 Å². The van der Waals surface area contributed by atoms with Crippen molar-refractivity contribution in [2.75, 3.05) is 0 Å².